The quantitative estimate of drug-likeness (QED) is 0.373. The van der Waals surface area contributed by atoms with Gasteiger partial charge in [-0.1, -0.05) is 6.92 Å². The van der Waals surface area contributed by atoms with Crippen LogP contribution in [0.4, 0.5) is 4.79 Å². The Bertz CT molecular complexity index is 97.0. The predicted molar refractivity (Wildman–Crippen MR) is 37.3 cm³/mol. The van der Waals surface area contributed by atoms with Crippen molar-refractivity contribution in [3.8, 4) is 0 Å². The van der Waals surface area contributed by atoms with E-state index in [1.165, 1.54) is 5.01 Å². The highest BCUT2D eigenvalue weighted by atomic mass is 35.5. The van der Waals surface area contributed by atoms with E-state index in [2.05, 4.69) is 5.43 Å². The summed E-state index contributed by atoms with van der Waals surface area (Å²) in [5.74, 6) is 0. The number of hydrogen-bond donors (Lipinski definition) is 1. The Morgan fingerprint density at radius 2 is 2.22 bits per heavy atom. The van der Waals surface area contributed by atoms with Crippen LogP contribution in [0, 0.1) is 0 Å². The van der Waals surface area contributed by atoms with Gasteiger partial charge in [0, 0.05) is 13.1 Å². The van der Waals surface area contributed by atoms with E-state index < -0.39 is 5.37 Å². The molecule has 0 unspecified atom stereocenters. The maximum Gasteiger partial charge on any atom is 0.330 e. The lowest BCUT2D eigenvalue weighted by Gasteiger charge is -2.16. The van der Waals surface area contributed by atoms with E-state index in [9.17, 15) is 4.79 Å². The van der Waals surface area contributed by atoms with Gasteiger partial charge in [-0.25, -0.2) is 5.43 Å². The van der Waals surface area contributed by atoms with Gasteiger partial charge in [-0.2, -0.15) is 0 Å². The SMILES string of the molecule is CCNN(CC)C(=O)Cl. The summed E-state index contributed by atoms with van der Waals surface area (Å²) in [6.07, 6.45) is 0. The van der Waals surface area contributed by atoms with Gasteiger partial charge in [0.15, 0.2) is 0 Å². The van der Waals surface area contributed by atoms with Crippen molar-refractivity contribution in [2.45, 2.75) is 13.8 Å². The van der Waals surface area contributed by atoms with Crippen LogP contribution in [0.1, 0.15) is 13.8 Å². The molecule has 3 nitrogen and oxygen atoms in total. The maximum absolute atomic E-state index is 10.4. The largest absolute Gasteiger partial charge is 0.330 e. The number of hydrazine groups is 1. The van der Waals surface area contributed by atoms with Gasteiger partial charge in [-0.15, -0.1) is 0 Å². The van der Waals surface area contributed by atoms with E-state index in [0.717, 1.165) is 0 Å². The van der Waals surface area contributed by atoms with Crippen LogP contribution >= 0.6 is 11.6 Å². The topological polar surface area (TPSA) is 32.3 Å². The lowest BCUT2D eigenvalue weighted by Crippen LogP contribution is -2.39. The zero-order chi connectivity index (χ0) is 7.28. The summed E-state index contributed by atoms with van der Waals surface area (Å²) in [5.41, 5.74) is 2.78. The van der Waals surface area contributed by atoms with Crippen LogP contribution in [0.15, 0.2) is 0 Å². The molecule has 0 radical (unpaired) electrons. The summed E-state index contributed by atoms with van der Waals surface area (Å²) in [7, 11) is 0. The highest BCUT2D eigenvalue weighted by molar-refractivity contribution is 6.62. The number of carbonyl (C=O) groups excluding carboxylic acids is 1. The molecule has 0 aliphatic carbocycles. The fourth-order valence-corrected chi connectivity index (χ4v) is 0.668. The van der Waals surface area contributed by atoms with E-state index >= 15 is 0 Å². The fraction of sp³-hybridized carbons (Fsp3) is 0.800. The van der Waals surface area contributed by atoms with E-state index in [0.29, 0.717) is 13.1 Å². The molecule has 0 aromatic carbocycles. The van der Waals surface area contributed by atoms with Crippen molar-refractivity contribution in [2.75, 3.05) is 13.1 Å². The van der Waals surface area contributed by atoms with Crippen molar-refractivity contribution >= 4 is 17.0 Å². The van der Waals surface area contributed by atoms with Gasteiger partial charge >= 0.3 is 5.37 Å². The van der Waals surface area contributed by atoms with Gasteiger partial charge in [-0.3, -0.25) is 9.80 Å². The van der Waals surface area contributed by atoms with Crippen molar-refractivity contribution in [3.05, 3.63) is 0 Å². The van der Waals surface area contributed by atoms with Crippen LogP contribution in [0.25, 0.3) is 0 Å². The first-order valence-electron chi connectivity index (χ1n) is 2.92. The summed E-state index contributed by atoms with van der Waals surface area (Å²) in [5, 5.41) is 0.890. The van der Waals surface area contributed by atoms with Crippen molar-refractivity contribution in [1.29, 1.82) is 0 Å². The molecule has 54 valence electrons. The van der Waals surface area contributed by atoms with Crippen LogP contribution in [-0.4, -0.2) is 23.5 Å². The molecule has 4 heteroatoms. The Kier molecular flexibility index (Phi) is 4.44. The smallest absolute Gasteiger partial charge is 0.265 e. The average Bonchev–Trinajstić information content (AvgIpc) is 1.82. The maximum atomic E-state index is 10.4. The van der Waals surface area contributed by atoms with Gasteiger partial charge in [0.05, 0.1) is 0 Å². The van der Waals surface area contributed by atoms with Crippen LogP contribution < -0.4 is 5.43 Å². The highest BCUT2D eigenvalue weighted by Crippen LogP contribution is 1.89. The standard InChI is InChI=1S/C5H11ClN2O/c1-3-7-8(4-2)5(6)9/h7H,3-4H2,1-2H3. The molecule has 0 fully saturated rings. The predicted octanol–water partition coefficient (Wildman–Crippen LogP) is 1.19. The van der Waals surface area contributed by atoms with Gasteiger partial charge in [0.1, 0.15) is 0 Å². The molecule has 0 saturated heterocycles. The Morgan fingerprint density at radius 1 is 1.67 bits per heavy atom. The fourth-order valence-electron chi connectivity index (χ4n) is 0.489. The molecule has 1 N–H and O–H groups in total. The molecule has 0 aromatic heterocycles. The first-order valence-corrected chi connectivity index (χ1v) is 3.30. The van der Waals surface area contributed by atoms with Crippen LogP contribution in [0.2, 0.25) is 0 Å². The van der Waals surface area contributed by atoms with Crippen molar-refractivity contribution < 1.29 is 4.79 Å². The molecule has 0 aliphatic heterocycles. The molecular weight excluding hydrogens is 140 g/mol. The summed E-state index contributed by atoms with van der Waals surface area (Å²) in [6, 6.07) is 0. The monoisotopic (exact) mass is 150 g/mol. The summed E-state index contributed by atoms with van der Waals surface area (Å²) < 4.78 is 0. The molecule has 0 aromatic rings. The molecule has 0 heterocycles. The molecular formula is C5H11ClN2O. The minimum Gasteiger partial charge on any atom is -0.265 e. The van der Waals surface area contributed by atoms with Gasteiger partial charge in [-0.05, 0) is 18.5 Å². The van der Waals surface area contributed by atoms with Crippen LogP contribution in [0.3, 0.4) is 0 Å². The Balaban J connectivity index is 3.54. The van der Waals surface area contributed by atoms with Gasteiger partial charge < -0.3 is 0 Å². The normalized spacial score (nSPS) is 9.22. The minimum atomic E-state index is -0.459. The summed E-state index contributed by atoms with van der Waals surface area (Å²) >= 11 is 5.15. The van der Waals surface area contributed by atoms with Crippen molar-refractivity contribution in [1.82, 2.24) is 10.4 Å². The minimum absolute atomic E-state index is 0.459. The van der Waals surface area contributed by atoms with E-state index in [1.807, 2.05) is 13.8 Å². The van der Waals surface area contributed by atoms with E-state index in [1.54, 1.807) is 0 Å². The number of rotatable bonds is 3. The second-order valence-electron chi connectivity index (χ2n) is 1.51. The molecule has 0 saturated carbocycles. The van der Waals surface area contributed by atoms with Gasteiger partial charge in [0.25, 0.3) is 0 Å². The lowest BCUT2D eigenvalue weighted by atomic mass is 10.7. The third kappa shape index (κ3) is 3.32. The molecule has 0 bridgehead atoms. The third-order valence-corrected chi connectivity index (χ3v) is 1.08. The Labute approximate surface area is 59.9 Å². The van der Waals surface area contributed by atoms with E-state index in [-0.39, 0.29) is 0 Å². The second kappa shape index (κ2) is 4.58. The van der Waals surface area contributed by atoms with Crippen LogP contribution in [-0.2, 0) is 0 Å². The van der Waals surface area contributed by atoms with Gasteiger partial charge in [0.2, 0.25) is 0 Å². The molecule has 0 spiro atoms. The zero-order valence-corrected chi connectivity index (χ0v) is 6.40. The summed E-state index contributed by atoms with van der Waals surface area (Å²) in [6.45, 7) is 5.06. The van der Waals surface area contributed by atoms with Crippen LogP contribution in [0.5, 0.6) is 0 Å². The number of amides is 1. The number of halogens is 1. The zero-order valence-electron chi connectivity index (χ0n) is 5.65. The van der Waals surface area contributed by atoms with Crippen molar-refractivity contribution in [2.24, 2.45) is 0 Å². The summed E-state index contributed by atoms with van der Waals surface area (Å²) in [4.78, 5) is 10.4. The third-order valence-electron chi connectivity index (χ3n) is 0.877. The highest BCUT2D eigenvalue weighted by Gasteiger charge is 2.03. The Hall–Kier alpha value is -0.280. The van der Waals surface area contributed by atoms with E-state index in [4.69, 9.17) is 11.6 Å². The lowest BCUT2D eigenvalue weighted by molar-refractivity contribution is 0.200. The molecule has 9 heavy (non-hydrogen) atoms. The average molecular weight is 151 g/mol. The molecule has 0 aliphatic rings. The Morgan fingerprint density at radius 3 is 2.33 bits per heavy atom. The molecule has 0 rings (SSSR count). The first kappa shape index (κ1) is 8.72. The molecule has 0 atom stereocenters. The molecule has 1 amide bonds. The number of nitrogens with zero attached hydrogens (tertiary/aromatic N) is 1. The second-order valence-corrected chi connectivity index (χ2v) is 1.83. The first-order chi connectivity index (χ1) is 4.22. The number of hydrogen-bond acceptors (Lipinski definition) is 2. The van der Waals surface area contributed by atoms with Crippen molar-refractivity contribution in [3.63, 3.8) is 0 Å². The number of nitrogens with one attached hydrogen (secondary N) is 1. The number of carbonyl (C=O) groups is 1.